The number of benzene rings is 2. The van der Waals surface area contributed by atoms with E-state index in [1.165, 1.54) is 0 Å². The number of carbonyl (C=O) groups excluding carboxylic acids is 2. The standard InChI is InChI=1S/C22H20ClN5O3/c1-11-3-7-14(8-4-11)24-22-27-19-18(21(31)28-22)15(10-17(29)26-19)20(30)25-16-9-13(23)6-5-12(16)2/h3-9,15H,10H2,1-2H3,(H,25,30)(H3,24,26,27,28,29,31)/t15-/m0/s1. The number of hydrogen-bond acceptors (Lipinski definition) is 5. The van der Waals surface area contributed by atoms with Crippen molar-refractivity contribution in [2.45, 2.75) is 26.2 Å². The van der Waals surface area contributed by atoms with Gasteiger partial charge in [-0.05, 0) is 43.7 Å². The fourth-order valence-corrected chi connectivity index (χ4v) is 3.55. The highest BCUT2D eigenvalue weighted by Crippen LogP contribution is 2.31. The zero-order chi connectivity index (χ0) is 22.1. The van der Waals surface area contributed by atoms with Crippen LogP contribution in [-0.4, -0.2) is 21.8 Å². The number of amides is 2. The molecule has 2 aromatic carbocycles. The first-order valence-electron chi connectivity index (χ1n) is 9.65. The van der Waals surface area contributed by atoms with Crippen LogP contribution in [0.3, 0.4) is 0 Å². The molecule has 0 spiro atoms. The minimum Gasteiger partial charge on any atom is -0.326 e. The molecule has 1 aliphatic heterocycles. The molecular formula is C22H20ClN5O3. The van der Waals surface area contributed by atoms with E-state index in [4.69, 9.17) is 11.6 Å². The Bertz CT molecular complexity index is 1240. The fraction of sp³-hybridized carbons (Fsp3) is 0.182. The Balaban J connectivity index is 1.65. The van der Waals surface area contributed by atoms with Gasteiger partial charge >= 0.3 is 0 Å². The molecule has 1 atom stereocenters. The minimum atomic E-state index is -0.980. The number of halogens is 1. The van der Waals surface area contributed by atoms with Crippen molar-refractivity contribution in [2.75, 3.05) is 16.0 Å². The summed E-state index contributed by atoms with van der Waals surface area (Å²) in [5.41, 5.74) is 2.76. The number of aryl methyl sites for hydroxylation is 2. The van der Waals surface area contributed by atoms with Crippen LogP contribution < -0.4 is 21.5 Å². The first-order chi connectivity index (χ1) is 14.8. The number of nitrogens with zero attached hydrogens (tertiary/aromatic N) is 1. The van der Waals surface area contributed by atoms with Crippen LogP contribution in [0.15, 0.2) is 47.3 Å². The first kappa shape index (κ1) is 20.6. The number of aromatic amines is 1. The van der Waals surface area contributed by atoms with Gasteiger partial charge in [-0.1, -0.05) is 35.4 Å². The third-order valence-corrected chi connectivity index (χ3v) is 5.27. The quantitative estimate of drug-likeness (QED) is 0.494. The van der Waals surface area contributed by atoms with Crippen LogP contribution in [0.1, 0.15) is 29.0 Å². The average molecular weight is 438 g/mol. The Labute approximate surface area is 183 Å². The van der Waals surface area contributed by atoms with Crippen molar-refractivity contribution in [1.29, 1.82) is 0 Å². The first-order valence-corrected chi connectivity index (χ1v) is 10.0. The topological polar surface area (TPSA) is 116 Å². The lowest BCUT2D eigenvalue weighted by atomic mass is 9.92. The van der Waals surface area contributed by atoms with Crippen molar-refractivity contribution in [3.63, 3.8) is 0 Å². The monoisotopic (exact) mass is 437 g/mol. The fourth-order valence-electron chi connectivity index (χ4n) is 3.38. The molecule has 0 unspecified atom stereocenters. The summed E-state index contributed by atoms with van der Waals surface area (Å²) in [7, 11) is 0. The molecule has 0 saturated carbocycles. The molecule has 0 saturated heterocycles. The predicted octanol–water partition coefficient (Wildman–Crippen LogP) is 3.85. The van der Waals surface area contributed by atoms with Crippen molar-refractivity contribution in [3.05, 3.63) is 74.5 Å². The largest absolute Gasteiger partial charge is 0.326 e. The number of hydrogen-bond donors (Lipinski definition) is 4. The summed E-state index contributed by atoms with van der Waals surface area (Å²) in [5, 5.41) is 8.83. The second kappa shape index (κ2) is 8.23. The van der Waals surface area contributed by atoms with E-state index in [2.05, 4.69) is 25.9 Å². The summed E-state index contributed by atoms with van der Waals surface area (Å²) in [5.74, 6) is -1.62. The van der Waals surface area contributed by atoms with Crippen molar-refractivity contribution in [1.82, 2.24) is 9.97 Å². The second-order valence-corrected chi connectivity index (χ2v) is 7.86. The maximum atomic E-state index is 13.0. The third kappa shape index (κ3) is 4.44. The highest BCUT2D eigenvalue weighted by Gasteiger charge is 2.35. The Hall–Kier alpha value is -3.65. The number of H-pyrrole nitrogens is 1. The number of aromatic nitrogens is 2. The SMILES string of the molecule is Cc1ccc(Nc2nc3c(c(=O)[nH]2)[C@@H](C(=O)Nc2cc(Cl)ccc2C)CC(=O)N3)cc1. The van der Waals surface area contributed by atoms with E-state index >= 15 is 0 Å². The van der Waals surface area contributed by atoms with Crippen molar-refractivity contribution in [3.8, 4) is 0 Å². The molecule has 0 bridgehead atoms. The summed E-state index contributed by atoms with van der Waals surface area (Å²) in [4.78, 5) is 45.0. The Kier molecular flexibility index (Phi) is 5.48. The molecule has 2 amide bonds. The molecule has 9 heteroatoms. The van der Waals surface area contributed by atoms with Gasteiger partial charge < -0.3 is 16.0 Å². The number of carbonyl (C=O) groups is 2. The van der Waals surface area contributed by atoms with E-state index in [0.29, 0.717) is 10.7 Å². The lowest BCUT2D eigenvalue weighted by molar-refractivity contribution is -0.123. The molecule has 4 N–H and O–H groups in total. The number of fused-ring (bicyclic) bond motifs is 1. The molecule has 4 rings (SSSR count). The molecular weight excluding hydrogens is 418 g/mol. The van der Waals surface area contributed by atoms with Gasteiger partial charge in [0, 0.05) is 22.8 Å². The van der Waals surface area contributed by atoms with Gasteiger partial charge in [-0.3, -0.25) is 19.4 Å². The van der Waals surface area contributed by atoms with Gasteiger partial charge in [-0.25, -0.2) is 0 Å². The van der Waals surface area contributed by atoms with Gasteiger partial charge in [0.2, 0.25) is 17.8 Å². The summed E-state index contributed by atoms with van der Waals surface area (Å²) in [6.45, 7) is 3.79. The molecule has 0 aliphatic carbocycles. The highest BCUT2D eigenvalue weighted by atomic mass is 35.5. The number of anilines is 4. The number of rotatable bonds is 4. The molecule has 8 nitrogen and oxygen atoms in total. The zero-order valence-corrected chi connectivity index (χ0v) is 17.6. The lowest BCUT2D eigenvalue weighted by Gasteiger charge is -2.24. The molecule has 3 aromatic rings. The van der Waals surface area contributed by atoms with E-state index in [0.717, 1.165) is 16.8 Å². The van der Waals surface area contributed by atoms with Crippen LogP contribution >= 0.6 is 11.6 Å². The van der Waals surface area contributed by atoms with Gasteiger partial charge in [0.05, 0.1) is 11.5 Å². The van der Waals surface area contributed by atoms with Crippen LogP contribution in [0, 0.1) is 13.8 Å². The third-order valence-electron chi connectivity index (χ3n) is 5.04. The second-order valence-electron chi connectivity index (χ2n) is 7.42. The van der Waals surface area contributed by atoms with Gasteiger partial charge in [0.1, 0.15) is 5.82 Å². The Morgan fingerprint density at radius 3 is 2.61 bits per heavy atom. The highest BCUT2D eigenvalue weighted by molar-refractivity contribution is 6.31. The molecule has 31 heavy (non-hydrogen) atoms. The maximum absolute atomic E-state index is 13.0. The van der Waals surface area contributed by atoms with Crippen LogP contribution in [0.2, 0.25) is 5.02 Å². The van der Waals surface area contributed by atoms with Crippen LogP contribution in [0.25, 0.3) is 0 Å². The van der Waals surface area contributed by atoms with Crippen molar-refractivity contribution >= 4 is 46.6 Å². The summed E-state index contributed by atoms with van der Waals surface area (Å²) >= 11 is 6.02. The van der Waals surface area contributed by atoms with Gasteiger partial charge in [0.25, 0.3) is 5.56 Å². The average Bonchev–Trinajstić information content (AvgIpc) is 2.71. The molecule has 0 fully saturated rings. The number of nitrogens with one attached hydrogen (secondary N) is 4. The molecule has 158 valence electrons. The Morgan fingerprint density at radius 2 is 1.87 bits per heavy atom. The molecule has 1 aliphatic rings. The van der Waals surface area contributed by atoms with E-state index in [1.807, 2.05) is 38.1 Å². The minimum absolute atomic E-state index is 0.0672. The normalized spacial score (nSPS) is 15.1. The maximum Gasteiger partial charge on any atom is 0.258 e. The van der Waals surface area contributed by atoms with E-state index < -0.39 is 23.3 Å². The van der Waals surface area contributed by atoms with Crippen molar-refractivity contribution < 1.29 is 9.59 Å². The van der Waals surface area contributed by atoms with Crippen molar-refractivity contribution in [2.24, 2.45) is 0 Å². The predicted molar refractivity (Wildman–Crippen MR) is 120 cm³/mol. The molecule has 0 radical (unpaired) electrons. The van der Waals surface area contributed by atoms with E-state index in [9.17, 15) is 14.4 Å². The van der Waals surface area contributed by atoms with E-state index in [1.54, 1.807) is 18.2 Å². The van der Waals surface area contributed by atoms with Gasteiger partial charge in [0.15, 0.2) is 0 Å². The molecule has 1 aromatic heterocycles. The zero-order valence-electron chi connectivity index (χ0n) is 16.9. The van der Waals surface area contributed by atoms with Crippen LogP contribution in [0.4, 0.5) is 23.1 Å². The van der Waals surface area contributed by atoms with Crippen LogP contribution in [0.5, 0.6) is 0 Å². The lowest BCUT2D eigenvalue weighted by Crippen LogP contribution is -2.36. The molecule has 2 heterocycles. The van der Waals surface area contributed by atoms with Gasteiger partial charge in [-0.2, -0.15) is 4.98 Å². The smallest absolute Gasteiger partial charge is 0.258 e. The van der Waals surface area contributed by atoms with Crippen LogP contribution in [-0.2, 0) is 9.59 Å². The van der Waals surface area contributed by atoms with E-state index in [-0.39, 0.29) is 23.8 Å². The van der Waals surface area contributed by atoms with Gasteiger partial charge in [-0.15, -0.1) is 0 Å². The summed E-state index contributed by atoms with van der Waals surface area (Å²) < 4.78 is 0. The Morgan fingerprint density at radius 1 is 1.13 bits per heavy atom. The summed E-state index contributed by atoms with van der Waals surface area (Å²) in [6, 6.07) is 12.6. The summed E-state index contributed by atoms with van der Waals surface area (Å²) in [6.07, 6.45) is -0.159.